The third-order valence-corrected chi connectivity index (χ3v) is 7.57. The predicted octanol–water partition coefficient (Wildman–Crippen LogP) is 4.61. The van der Waals surface area contributed by atoms with Crippen LogP contribution >= 0.6 is 0 Å². The lowest BCUT2D eigenvalue weighted by atomic mass is 9.90. The molecular formula is C30H34N2O4. The number of para-hydroxylation sites is 1. The van der Waals surface area contributed by atoms with Crippen molar-refractivity contribution in [2.75, 3.05) is 21.3 Å². The van der Waals surface area contributed by atoms with Gasteiger partial charge in [-0.3, -0.25) is 9.69 Å². The van der Waals surface area contributed by atoms with Gasteiger partial charge in [-0.2, -0.15) is 0 Å². The summed E-state index contributed by atoms with van der Waals surface area (Å²) >= 11 is 0. The van der Waals surface area contributed by atoms with Crippen molar-refractivity contribution in [3.63, 3.8) is 0 Å². The number of carbonyl (C=O) groups is 1. The van der Waals surface area contributed by atoms with E-state index in [0.29, 0.717) is 25.3 Å². The molecule has 0 saturated heterocycles. The topological polar surface area (TPSA) is 51.2 Å². The number of benzene rings is 3. The van der Waals surface area contributed by atoms with Crippen LogP contribution in [0.5, 0.6) is 17.2 Å². The second-order valence-corrected chi connectivity index (χ2v) is 9.70. The number of methoxy groups -OCH3 is 3. The van der Waals surface area contributed by atoms with Crippen molar-refractivity contribution in [1.29, 1.82) is 0 Å². The monoisotopic (exact) mass is 486 g/mol. The van der Waals surface area contributed by atoms with E-state index >= 15 is 0 Å². The summed E-state index contributed by atoms with van der Waals surface area (Å²) in [6, 6.07) is 20.5. The summed E-state index contributed by atoms with van der Waals surface area (Å²) in [5, 5.41) is 0. The van der Waals surface area contributed by atoms with Gasteiger partial charge in [-0.05, 0) is 60.2 Å². The number of amides is 1. The number of nitrogens with zero attached hydrogens (tertiary/aromatic N) is 2. The van der Waals surface area contributed by atoms with Gasteiger partial charge in [0.05, 0.1) is 27.4 Å². The zero-order chi connectivity index (χ0) is 25.2. The summed E-state index contributed by atoms with van der Waals surface area (Å²) in [6.07, 6.45) is 1.49. The highest BCUT2D eigenvalue weighted by Crippen LogP contribution is 2.36. The molecule has 2 atom stereocenters. The van der Waals surface area contributed by atoms with E-state index in [1.165, 1.54) is 16.7 Å². The maximum Gasteiger partial charge on any atom is 0.240 e. The Morgan fingerprint density at radius 1 is 0.778 bits per heavy atom. The summed E-state index contributed by atoms with van der Waals surface area (Å²) < 4.78 is 16.7. The predicted molar refractivity (Wildman–Crippen MR) is 139 cm³/mol. The fourth-order valence-corrected chi connectivity index (χ4v) is 5.59. The number of hydrogen-bond donors (Lipinski definition) is 0. The lowest BCUT2D eigenvalue weighted by Crippen LogP contribution is -2.54. The van der Waals surface area contributed by atoms with E-state index in [1.54, 1.807) is 21.3 Å². The summed E-state index contributed by atoms with van der Waals surface area (Å²) in [6.45, 7) is 4.09. The Morgan fingerprint density at radius 3 is 2.14 bits per heavy atom. The van der Waals surface area contributed by atoms with E-state index in [0.717, 1.165) is 35.6 Å². The standard InChI is InChI=1S/C30H34N2O4/c1-20-13-24-15-28(35-3)29(36-4)16-25(24)19-32(20)30(33)26-14-21-9-5-6-10-22(21)17-31(26)18-23-11-7-8-12-27(23)34-2/h5-12,15-16,20,26H,13-14,17-19H2,1-4H3. The van der Waals surface area contributed by atoms with Crippen LogP contribution in [-0.4, -0.2) is 49.1 Å². The minimum atomic E-state index is -0.242. The number of fused-ring (bicyclic) bond motifs is 2. The summed E-state index contributed by atoms with van der Waals surface area (Å²) in [4.78, 5) is 18.6. The van der Waals surface area contributed by atoms with Gasteiger partial charge in [-0.25, -0.2) is 0 Å². The van der Waals surface area contributed by atoms with Crippen LogP contribution in [0.1, 0.15) is 34.7 Å². The third-order valence-electron chi connectivity index (χ3n) is 7.57. The lowest BCUT2D eigenvalue weighted by Gasteiger charge is -2.42. The molecule has 0 aliphatic carbocycles. The van der Waals surface area contributed by atoms with Crippen LogP contribution in [-0.2, 0) is 37.3 Å². The van der Waals surface area contributed by atoms with E-state index in [-0.39, 0.29) is 18.0 Å². The summed E-state index contributed by atoms with van der Waals surface area (Å²) in [7, 11) is 5.00. The quantitative estimate of drug-likeness (QED) is 0.509. The molecule has 2 unspecified atom stereocenters. The minimum Gasteiger partial charge on any atom is -0.496 e. The van der Waals surface area contributed by atoms with Crippen molar-refractivity contribution in [2.45, 2.75) is 51.5 Å². The Labute approximate surface area is 213 Å². The first-order valence-corrected chi connectivity index (χ1v) is 12.5. The first kappa shape index (κ1) is 24.2. The van der Waals surface area contributed by atoms with Crippen LogP contribution in [0, 0.1) is 0 Å². The number of ether oxygens (including phenoxy) is 3. The fourth-order valence-electron chi connectivity index (χ4n) is 5.59. The molecule has 3 aromatic rings. The van der Waals surface area contributed by atoms with Crippen LogP contribution in [0.4, 0.5) is 0 Å². The molecule has 5 rings (SSSR count). The van der Waals surface area contributed by atoms with Crippen molar-refractivity contribution in [3.8, 4) is 17.2 Å². The summed E-state index contributed by atoms with van der Waals surface area (Å²) in [5.41, 5.74) is 5.95. The molecule has 0 fully saturated rings. The van der Waals surface area contributed by atoms with Gasteiger partial charge in [0.25, 0.3) is 0 Å². The minimum absolute atomic E-state index is 0.0911. The van der Waals surface area contributed by atoms with E-state index in [1.807, 2.05) is 29.2 Å². The highest BCUT2D eigenvalue weighted by Gasteiger charge is 2.38. The molecule has 1 amide bonds. The SMILES string of the molecule is COc1ccccc1CN1Cc2ccccc2CC1C(=O)N1Cc2cc(OC)c(OC)cc2CC1C. The van der Waals surface area contributed by atoms with Crippen LogP contribution in [0.15, 0.2) is 60.7 Å². The lowest BCUT2D eigenvalue weighted by molar-refractivity contribution is -0.141. The average Bonchev–Trinajstić information content (AvgIpc) is 2.91. The molecule has 0 saturated carbocycles. The Kier molecular flexibility index (Phi) is 6.88. The molecule has 0 N–H and O–H groups in total. The molecule has 2 heterocycles. The van der Waals surface area contributed by atoms with Crippen molar-refractivity contribution in [3.05, 3.63) is 88.5 Å². The van der Waals surface area contributed by atoms with Crippen molar-refractivity contribution in [2.24, 2.45) is 0 Å². The Balaban J connectivity index is 1.46. The number of rotatable bonds is 6. The zero-order valence-corrected chi connectivity index (χ0v) is 21.5. The Bertz CT molecular complexity index is 1260. The second-order valence-electron chi connectivity index (χ2n) is 9.70. The van der Waals surface area contributed by atoms with Gasteiger partial charge >= 0.3 is 0 Å². The molecule has 0 radical (unpaired) electrons. The first-order valence-electron chi connectivity index (χ1n) is 12.5. The van der Waals surface area contributed by atoms with Crippen molar-refractivity contribution in [1.82, 2.24) is 9.80 Å². The molecule has 0 spiro atoms. The van der Waals surface area contributed by atoms with Gasteiger partial charge < -0.3 is 19.1 Å². The second kappa shape index (κ2) is 10.2. The molecule has 3 aromatic carbocycles. The van der Waals surface area contributed by atoms with E-state index in [2.05, 4.69) is 48.2 Å². The fraction of sp³-hybridized carbons (Fsp3) is 0.367. The van der Waals surface area contributed by atoms with Gasteiger partial charge in [-0.1, -0.05) is 42.5 Å². The van der Waals surface area contributed by atoms with Gasteiger partial charge in [0, 0.05) is 31.2 Å². The molecule has 188 valence electrons. The van der Waals surface area contributed by atoms with Crippen LogP contribution in [0.3, 0.4) is 0 Å². The Hall–Kier alpha value is -3.51. The molecule has 2 aliphatic heterocycles. The number of hydrogen-bond acceptors (Lipinski definition) is 5. The van der Waals surface area contributed by atoms with E-state index in [9.17, 15) is 4.79 Å². The van der Waals surface area contributed by atoms with Crippen LogP contribution < -0.4 is 14.2 Å². The van der Waals surface area contributed by atoms with Gasteiger partial charge in [0.1, 0.15) is 5.75 Å². The average molecular weight is 487 g/mol. The molecule has 36 heavy (non-hydrogen) atoms. The highest BCUT2D eigenvalue weighted by molar-refractivity contribution is 5.83. The first-order chi connectivity index (χ1) is 17.5. The Morgan fingerprint density at radius 2 is 1.42 bits per heavy atom. The van der Waals surface area contributed by atoms with Gasteiger partial charge in [-0.15, -0.1) is 0 Å². The van der Waals surface area contributed by atoms with Crippen LogP contribution in [0.25, 0.3) is 0 Å². The third kappa shape index (κ3) is 4.53. The molecule has 6 nitrogen and oxygen atoms in total. The maximum absolute atomic E-state index is 14.2. The van der Waals surface area contributed by atoms with Gasteiger partial charge in [0.15, 0.2) is 11.5 Å². The summed E-state index contributed by atoms with van der Waals surface area (Å²) in [5.74, 6) is 2.45. The molecule has 0 bridgehead atoms. The number of carbonyl (C=O) groups excluding carboxylic acids is 1. The highest BCUT2D eigenvalue weighted by atomic mass is 16.5. The molecule has 0 aromatic heterocycles. The van der Waals surface area contributed by atoms with E-state index < -0.39 is 0 Å². The molecule has 2 aliphatic rings. The van der Waals surface area contributed by atoms with E-state index in [4.69, 9.17) is 14.2 Å². The smallest absolute Gasteiger partial charge is 0.240 e. The molecular weight excluding hydrogens is 452 g/mol. The van der Waals surface area contributed by atoms with Crippen LogP contribution in [0.2, 0.25) is 0 Å². The normalized spacial score (nSPS) is 19.3. The maximum atomic E-state index is 14.2. The van der Waals surface area contributed by atoms with Crippen molar-refractivity contribution >= 4 is 5.91 Å². The van der Waals surface area contributed by atoms with Gasteiger partial charge in [0.2, 0.25) is 5.91 Å². The van der Waals surface area contributed by atoms with Crippen molar-refractivity contribution < 1.29 is 19.0 Å². The largest absolute Gasteiger partial charge is 0.496 e. The molecule has 6 heteroatoms. The zero-order valence-electron chi connectivity index (χ0n) is 21.5.